The molecule has 0 spiro atoms. The summed E-state index contributed by atoms with van der Waals surface area (Å²) in [5, 5.41) is 17.6. The lowest BCUT2D eigenvalue weighted by Gasteiger charge is -2.34. The Labute approximate surface area is 75.4 Å². The van der Waals surface area contributed by atoms with E-state index in [4.69, 9.17) is 5.11 Å². The number of carbonyl (C=O) groups is 1. The van der Waals surface area contributed by atoms with Crippen LogP contribution in [-0.4, -0.2) is 27.7 Å². The Balaban J connectivity index is 4.90. The summed E-state index contributed by atoms with van der Waals surface area (Å²) < 4.78 is 25.8. The Morgan fingerprint density at radius 2 is 1.92 bits per heavy atom. The zero-order valence-electron chi connectivity index (χ0n) is 7.84. The first-order chi connectivity index (χ1) is 5.67. The summed E-state index contributed by atoms with van der Waals surface area (Å²) in [6.45, 7) is 3.84. The SMILES string of the molecule is CCC(C)C(C)(O)C(F)(F)C(=O)O. The van der Waals surface area contributed by atoms with Crippen LogP contribution in [0.25, 0.3) is 0 Å². The lowest BCUT2D eigenvalue weighted by atomic mass is 9.83. The second-order valence-electron chi connectivity index (χ2n) is 3.34. The number of carboxylic acids is 1. The number of halogens is 2. The molecule has 5 heteroatoms. The third-order valence-electron chi connectivity index (χ3n) is 2.48. The normalized spacial score (nSPS) is 19.2. The molecule has 3 nitrogen and oxygen atoms in total. The molecule has 0 rings (SSSR count). The van der Waals surface area contributed by atoms with Crippen molar-refractivity contribution in [1.82, 2.24) is 0 Å². The van der Waals surface area contributed by atoms with Crippen LogP contribution in [0.5, 0.6) is 0 Å². The van der Waals surface area contributed by atoms with E-state index in [1.165, 1.54) is 6.92 Å². The molecule has 2 atom stereocenters. The van der Waals surface area contributed by atoms with Gasteiger partial charge >= 0.3 is 11.9 Å². The standard InChI is InChI=1S/C8H14F2O3/c1-4-5(2)7(3,13)8(9,10)6(11)12/h5,13H,4H2,1-3H3,(H,11,12). The van der Waals surface area contributed by atoms with E-state index in [2.05, 4.69) is 0 Å². The summed E-state index contributed by atoms with van der Waals surface area (Å²) in [5.74, 6) is -7.18. The maximum Gasteiger partial charge on any atom is 0.377 e. The first-order valence-electron chi connectivity index (χ1n) is 4.01. The second kappa shape index (κ2) is 3.57. The summed E-state index contributed by atoms with van der Waals surface area (Å²) in [6.07, 6.45) is 0.288. The number of rotatable bonds is 4. The van der Waals surface area contributed by atoms with Crippen molar-refractivity contribution in [2.24, 2.45) is 5.92 Å². The smallest absolute Gasteiger partial charge is 0.377 e. The van der Waals surface area contributed by atoms with Gasteiger partial charge in [0.15, 0.2) is 0 Å². The van der Waals surface area contributed by atoms with Crippen molar-refractivity contribution in [2.75, 3.05) is 0 Å². The number of aliphatic hydroxyl groups is 1. The van der Waals surface area contributed by atoms with Gasteiger partial charge in [-0.2, -0.15) is 8.78 Å². The van der Waals surface area contributed by atoms with Gasteiger partial charge in [0.1, 0.15) is 5.60 Å². The van der Waals surface area contributed by atoms with Crippen LogP contribution in [0, 0.1) is 5.92 Å². The zero-order valence-corrected chi connectivity index (χ0v) is 7.84. The molecular weight excluding hydrogens is 182 g/mol. The van der Waals surface area contributed by atoms with Gasteiger partial charge in [-0.15, -0.1) is 0 Å². The zero-order chi connectivity index (χ0) is 10.9. The molecule has 0 heterocycles. The highest BCUT2D eigenvalue weighted by Gasteiger charge is 2.57. The van der Waals surface area contributed by atoms with Crippen LogP contribution in [0.15, 0.2) is 0 Å². The van der Waals surface area contributed by atoms with Gasteiger partial charge in [0.25, 0.3) is 0 Å². The van der Waals surface area contributed by atoms with Gasteiger partial charge in [-0.05, 0) is 12.8 Å². The Hall–Kier alpha value is -0.710. The molecule has 0 bridgehead atoms. The summed E-state index contributed by atoms with van der Waals surface area (Å²) in [5.41, 5.74) is -2.51. The van der Waals surface area contributed by atoms with E-state index >= 15 is 0 Å². The van der Waals surface area contributed by atoms with Crippen molar-refractivity contribution in [3.63, 3.8) is 0 Å². The molecule has 0 aliphatic heterocycles. The fraction of sp³-hybridized carbons (Fsp3) is 0.875. The summed E-state index contributed by atoms with van der Waals surface area (Å²) in [7, 11) is 0. The lowest BCUT2D eigenvalue weighted by Crippen LogP contribution is -2.55. The predicted molar refractivity (Wildman–Crippen MR) is 42.7 cm³/mol. The lowest BCUT2D eigenvalue weighted by molar-refractivity contribution is -0.216. The molecule has 0 aromatic heterocycles. The minimum Gasteiger partial charge on any atom is -0.477 e. The number of hydrogen-bond donors (Lipinski definition) is 2. The van der Waals surface area contributed by atoms with Gasteiger partial charge in [0, 0.05) is 0 Å². The quantitative estimate of drug-likeness (QED) is 0.716. The van der Waals surface area contributed by atoms with Crippen molar-refractivity contribution in [3.05, 3.63) is 0 Å². The maximum atomic E-state index is 12.9. The van der Waals surface area contributed by atoms with Crippen molar-refractivity contribution < 1.29 is 23.8 Å². The third kappa shape index (κ3) is 1.96. The van der Waals surface area contributed by atoms with Crippen LogP contribution in [0.4, 0.5) is 8.78 Å². The molecule has 2 unspecified atom stereocenters. The van der Waals surface area contributed by atoms with E-state index in [0.29, 0.717) is 0 Å². The number of carboxylic acid groups (broad SMARTS) is 1. The van der Waals surface area contributed by atoms with Gasteiger partial charge < -0.3 is 10.2 Å². The predicted octanol–water partition coefficient (Wildman–Crippen LogP) is 1.50. The van der Waals surface area contributed by atoms with Crippen LogP contribution in [0.3, 0.4) is 0 Å². The summed E-state index contributed by atoms with van der Waals surface area (Å²) >= 11 is 0. The Kier molecular flexibility index (Phi) is 3.38. The van der Waals surface area contributed by atoms with Gasteiger partial charge in [0.05, 0.1) is 0 Å². The maximum absolute atomic E-state index is 12.9. The van der Waals surface area contributed by atoms with E-state index in [-0.39, 0.29) is 6.42 Å². The molecule has 0 aliphatic carbocycles. The first kappa shape index (κ1) is 12.3. The molecule has 0 aromatic carbocycles. The molecule has 13 heavy (non-hydrogen) atoms. The van der Waals surface area contributed by atoms with Crippen molar-refractivity contribution >= 4 is 5.97 Å². The molecule has 0 aromatic rings. The summed E-state index contributed by atoms with van der Waals surface area (Å²) in [4.78, 5) is 10.2. The minimum atomic E-state index is -4.11. The van der Waals surface area contributed by atoms with Crippen LogP contribution in [-0.2, 0) is 4.79 Å². The molecule has 0 aliphatic rings. The number of aliphatic carboxylic acids is 1. The van der Waals surface area contributed by atoms with Crippen molar-refractivity contribution in [2.45, 2.75) is 38.7 Å². The minimum absolute atomic E-state index is 0.288. The first-order valence-corrected chi connectivity index (χ1v) is 4.01. The molecular formula is C8H14F2O3. The average molecular weight is 196 g/mol. The molecule has 0 fully saturated rings. The van der Waals surface area contributed by atoms with Crippen molar-refractivity contribution in [1.29, 1.82) is 0 Å². The Morgan fingerprint density at radius 1 is 1.54 bits per heavy atom. The van der Waals surface area contributed by atoms with Gasteiger partial charge in [-0.1, -0.05) is 20.3 Å². The number of alkyl halides is 2. The highest BCUT2D eigenvalue weighted by atomic mass is 19.3. The largest absolute Gasteiger partial charge is 0.477 e. The molecule has 0 amide bonds. The van der Waals surface area contributed by atoms with Gasteiger partial charge in [-0.25, -0.2) is 4.79 Å². The van der Waals surface area contributed by atoms with Crippen molar-refractivity contribution in [3.8, 4) is 0 Å². The number of hydrogen-bond acceptors (Lipinski definition) is 2. The Bertz CT molecular complexity index is 202. The van der Waals surface area contributed by atoms with Crippen LogP contribution < -0.4 is 0 Å². The summed E-state index contributed by atoms with van der Waals surface area (Å²) in [6, 6.07) is 0. The molecule has 0 radical (unpaired) electrons. The van der Waals surface area contributed by atoms with Crippen LogP contribution >= 0.6 is 0 Å². The van der Waals surface area contributed by atoms with E-state index in [9.17, 15) is 18.7 Å². The van der Waals surface area contributed by atoms with E-state index < -0.39 is 23.4 Å². The fourth-order valence-electron chi connectivity index (χ4n) is 0.923. The van der Waals surface area contributed by atoms with Gasteiger partial charge in [0.2, 0.25) is 0 Å². The topological polar surface area (TPSA) is 57.5 Å². The van der Waals surface area contributed by atoms with E-state index in [1.807, 2.05) is 0 Å². The van der Waals surface area contributed by atoms with Crippen LogP contribution in [0.2, 0.25) is 0 Å². The molecule has 2 N–H and O–H groups in total. The molecule has 0 saturated carbocycles. The van der Waals surface area contributed by atoms with Crippen LogP contribution in [0.1, 0.15) is 27.2 Å². The Morgan fingerprint density at radius 3 is 2.15 bits per heavy atom. The average Bonchev–Trinajstić information content (AvgIpc) is 2.02. The highest BCUT2D eigenvalue weighted by molar-refractivity contribution is 5.77. The highest BCUT2D eigenvalue weighted by Crippen LogP contribution is 2.36. The molecule has 78 valence electrons. The fourth-order valence-corrected chi connectivity index (χ4v) is 0.923. The third-order valence-corrected chi connectivity index (χ3v) is 2.48. The van der Waals surface area contributed by atoms with Gasteiger partial charge in [-0.3, -0.25) is 0 Å². The van der Waals surface area contributed by atoms with E-state index in [1.54, 1.807) is 6.92 Å². The molecule has 0 saturated heterocycles. The van der Waals surface area contributed by atoms with E-state index in [0.717, 1.165) is 6.92 Å². The monoisotopic (exact) mass is 196 g/mol. The second-order valence-corrected chi connectivity index (χ2v) is 3.34.